The Kier molecular flexibility index (Phi) is 3.59. The van der Waals surface area contributed by atoms with Gasteiger partial charge < -0.3 is 9.42 Å². The van der Waals surface area contributed by atoms with Gasteiger partial charge >= 0.3 is 0 Å². The fourth-order valence-electron chi connectivity index (χ4n) is 3.01. The second kappa shape index (κ2) is 5.54. The highest BCUT2D eigenvalue weighted by molar-refractivity contribution is 7.20. The SMILES string of the molecule is Cc1noc([C@@H]2CCCN(c3nn4cc(C(C)(C)C)nc4s3)C2)n1. The van der Waals surface area contributed by atoms with E-state index >= 15 is 0 Å². The van der Waals surface area contributed by atoms with Crippen molar-refractivity contribution in [3.8, 4) is 0 Å². The maximum Gasteiger partial charge on any atom is 0.231 e. The average Bonchev–Trinajstić information content (AvgIpc) is 3.20. The van der Waals surface area contributed by atoms with Crippen molar-refractivity contribution in [1.82, 2.24) is 24.7 Å². The molecule has 3 aromatic rings. The van der Waals surface area contributed by atoms with Crippen molar-refractivity contribution in [3.63, 3.8) is 0 Å². The van der Waals surface area contributed by atoms with E-state index in [0.717, 1.165) is 47.6 Å². The quantitative estimate of drug-likeness (QED) is 0.710. The second-order valence-electron chi connectivity index (χ2n) is 7.45. The number of aromatic nitrogens is 5. The van der Waals surface area contributed by atoms with Crippen molar-refractivity contribution in [3.05, 3.63) is 23.6 Å². The Balaban J connectivity index is 1.56. The van der Waals surface area contributed by atoms with Crippen LogP contribution in [-0.4, -0.2) is 37.8 Å². The summed E-state index contributed by atoms with van der Waals surface area (Å²) in [5.74, 6) is 1.72. The third-order valence-corrected chi connectivity index (χ3v) is 5.37. The average molecular weight is 346 g/mol. The molecule has 0 spiro atoms. The van der Waals surface area contributed by atoms with Crippen molar-refractivity contribution < 1.29 is 4.52 Å². The van der Waals surface area contributed by atoms with Crippen LogP contribution in [0.4, 0.5) is 5.13 Å². The van der Waals surface area contributed by atoms with Gasteiger partial charge in [-0.15, -0.1) is 5.10 Å². The summed E-state index contributed by atoms with van der Waals surface area (Å²) in [5, 5.41) is 9.67. The predicted octanol–water partition coefficient (Wildman–Crippen LogP) is 3.16. The summed E-state index contributed by atoms with van der Waals surface area (Å²) < 4.78 is 7.27. The zero-order valence-corrected chi connectivity index (χ0v) is 15.3. The molecular weight excluding hydrogens is 324 g/mol. The highest BCUT2D eigenvalue weighted by Crippen LogP contribution is 2.32. The molecule has 3 aromatic heterocycles. The standard InChI is InChI=1S/C16H22N6OS/c1-10-17-13(23-20-10)11-6-5-7-21(8-11)15-19-22-9-12(16(2,3)4)18-14(22)24-15/h9,11H,5-8H2,1-4H3/t11-/m1/s1. The lowest BCUT2D eigenvalue weighted by molar-refractivity contribution is 0.331. The number of rotatable bonds is 2. The first-order valence-corrected chi connectivity index (χ1v) is 9.13. The van der Waals surface area contributed by atoms with Crippen LogP contribution in [0.2, 0.25) is 0 Å². The lowest BCUT2D eigenvalue weighted by Crippen LogP contribution is -2.34. The summed E-state index contributed by atoms with van der Waals surface area (Å²) >= 11 is 1.64. The van der Waals surface area contributed by atoms with Crippen LogP contribution in [0.3, 0.4) is 0 Å². The minimum Gasteiger partial charge on any atom is -0.346 e. The molecule has 0 N–H and O–H groups in total. The highest BCUT2D eigenvalue weighted by Gasteiger charge is 2.28. The molecular formula is C16H22N6OS. The Morgan fingerprint density at radius 1 is 1.29 bits per heavy atom. The topological polar surface area (TPSA) is 72.4 Å². The zero-order valence-electron chi connectivity index (χ0n) is 14.5. The predicted molar refractivity (Wildman–Crippen MR) is 92.8 cm³/mol. The molecule has 0 unspecified atom stereocenters. The molecule has 7 nitrogen and oxygen atoms in total. The Morgan fingerprint density at radius 2 is 2.12 bits per heavy atom. The van der Waals surface area contributed by atoms with Crippen LogP contribution in [0, 0.1) is 6.92 Å². The van der Waals surface area contributed by atoms with Gasteiger partial charge in [0, 0.05) is 18.5 Å². The molecule has 1 fully saturated rings. The van der Waals surface area contributed by atoms with E-state index in [1.807, 2.05) is 17.6 Å². The summed E-state index contributed by atoms with van der Waals surface area (Å²) in [4.78, 5) is 12.4. The van der Waals surface area contributed by atoms with E-state index in [-0.39, 0.29) is 11.3 Å². The van der Waals surface area contributed by atoms with Crippen molar-refractivity contribution in [2.45, 2.75) is 51.9 Å². The lowest BCUT2D eigenvalue weighted by Gasteiger charge is -2.30. The van der Waals surface area contributed by atoms with Crippen molar-refractivity contribution in [2.24, 2.45) is 0 Å². The molecule has 24 heavy (non-hydrogen) atoms. The normalized spacial score (nSPS) is 19.3. The van der Waals surface area contributed by atoms with E-state index in [0.29, 0.717) is 5.82 Å². The minimum absolute atomic E-state index is 0.0413. The number of imidazole rings is 1. The zero-order chi connectivity index (χ0) is 16.9. The van der Waals surface area contributed by atoms with E-state index in [4.69, 9.17) is 14.6 Å². The molecule has 8 heteroatoms. The van der Waals surface area contributed by atoms with Crippen LogP contribution in [-0.2, 0) is 5.41 Å². The Morgan fingerprint density at radius 3 is 2.79 bits per heavy atom. The van der Waals surface area contributed by atoms with Crippen molar-refractivity contribution in [2.75, 3.05) is 18.0 Å². The molecule has 1 saturated heterocycles. The third-order valence-electron chi connectivity index (χ3n) is 4.39. The summed E-state index contributed by atoms with van der Waals surface area (Å²) in [6.45, 7) is 10.2. The van der Waals surface area contributed by atoms with Gasteiger partial charge in [-0.2, -0.15) is 4.98 Å². The van der Waals surface area contributed by atoms with Crippen molar-refractivity contribution >= 4 is 21.4 Å². The smallest absolute Gasteiger partial charge is 0.231 e. The van der Waals surface area contributed by atoms with Gasteiger partial charge in [-0.05, 0) is 19.8 Å². The molecule has 0 bridgehead atoms. The van der Waals surface area contributed by atoms with Crippen LogP contribution >= 0.6 is 11.3 Å². The Labute approximate surface area is 144 Å². The number of fused-ring (bicyclic) bond motifs is 1. The van der Waals surface area contributed by atoms with Gasteiger partial charge in [0.1, 0.15) is 0 Å². The Hall–Kier alpha value is -1.96. The first-order chi connectivity index (χ1) is 11.4. The third kappa shape index (κ3) is 2.79. The number of nitrogens with zero attached hydrogens (tertiary/aromatic N) is 6. The second-order valence-corrected chi connectivity index (χ2v) is 8.39. The number of aryl methyl sites for hydroxylation is 1. The van der Waals surface area contributed by atoms with Crippen molar-refractivity contribution in [1.29, 1.82) is 0 Å². The molecule has 4 rings (SSSR count). The van der Waals surface area contributed by atoms with Crippen LogP contribution in [0.1, 0.15) is 56.9 Å². The van der Waals surface area contributed by atoms with E-state index < -0.39 is 0 Å². The number of anilines is 1. The first-order valence-electron chi connectivity index (χ1n) is 8.32. The van der Waals surface area contributed by atoms with E-state index in [1.165, 1.54) is 0 Å². The van der Waals surface area contributed by atoms with Gasteiger partial charge in [-0.1, -0.05) is 37.3 Å². The minimum atomic E-state index is 0.0413. The van der Waals surface area contributed by atoms with E-state index in [1.54, 1.807) is 11.3 Å². The Bertz CT molecular complexity index is 826. The molecule has 0 radical (unpaired) electrons. The van der Waals surface area contributed by atoms with Gasteiger partial charge in [0.05, 0.1) is 17.8 Å². The maximum absolute atomic E-state index is 5.36. The monoisotopic (exact) mass is 346 g/mol. The fourth-order valence-corrected chi connectivity index (χ4v) is 3.93. The van der Waals surface area contributed by atoms with Crippen LogP contribution in [0.15, 0.2) is 10.7 Å². The fraction of sp³-hybridized carbons (Fsp3) is 0.625. The molecule has 128 valence electrons. The van der Waals surface area contributed by atoms with E-state index in [2.05, 4.69) is 35.8 Å². The number of hydrogen-bond donors (Lipinski definition) is 0. The van der Waals surface area contributed by atoms with Crippen LogP contribution < -0.4 is 4.90 Å². The summed E-state index contributed by atoms with van der Waals surface area (Å²) in [6, 6.07) is 0. The van der Waals surface area contributed by atoms with Gasteiger partial charge in [0.15, 0.2) is 5.82 Å². The van der Waals surface area contributed by atoms with Crippen LogP contribution in [0.5, 0.6) is 0 Å². The molecule has 0 amide bonds. The van der Waals surface area contributed by atoms with Gasteiger partial charge in [-0.25, -0.2) is 9.50 Å². The first kappa shape index (κ1) is 15.6. The molecule has 0 aliphatic carbocycles. The molecule has 1 aliphatic heterocycles. The molecule has 0 aromatic carbocycles. The molecule has 1 atom stereocenters. The summed E-state index contributed by atoms with van der Waals surface area (Å²) in [7, 11) is 0. The summed E-state index contributed by atoms with van der Waals surface area (Å²) in [6.07, 6.45) is 4.22. The van der Waals surface area contributed by atoms with Gasteiger partial charge in [0.2, 0.25) is 16.0 Å². The van der Waals surface area contributed by atoms with Gasteiger partial charge in [0.25, 0.3) is 0 Å². The molecule has 0 saturated carbocycles. The molecule has 4 heterocycles. The highest BCUT2D eigenvalue weighted by atomic mass is 32.1. The molecule has 1 aliphatic rings. The van der Waals surface area contributed by atoms with Crippen LogP contribution in [0.25, 0.3) is 4.96 Å². The number of piperidine rings is 1. The number of hydrogen-bond acceptors (Lipinski definition) is 7. The summed E-state index contributed by atoms with van der Waals surface area (Å²) in [5.41, 5.74) is 1.12. The maximum atomic E-state index is 5.36. The van der Waals surface area contributed by atoms with Gasteiger partial charge in [-0.3, -0.25) is 0 Å². The lowest BCUT2D eigenvalue weighted by atomic mass is 9.93. The largest absolute Gasteiger partial charge is 0.346 e. The van der Waals surface area contributed by atoms with E-state index in [9.17, 15) is 0 Å².